The van der Waals surface area contributed by atoms with Crippen molar-refractivity contribution in [2.45, 2.75) is 50.8 Å². The lowest BCUT2D eigenvalue weighted by Gasteiger charge is -2.35. The molecule has 1 saturated carbocycles. The molecule has 2 aliphatic carbocycles. The third-order valence-electron chi connectivity index (χ3n) is 6.14. The van der Waals surface area contributed by atoms with Crippen molar-refractivity contribution in [2.75, 3.05) is 6.54 Å². The van der Waals surface area contributed by atoms with Crippen LogP contribution in [0.15, 0.2) is 70.7 Å². The van der Waals surface area contributed by atoms with Gasteiger partial charge in [-0.05, 0) is 73.1 Å². The first-order chi connectivity index (χ1) is 14.3. The Morgan fingerprint density at radius 2 is 1.79 bits per heavy atom. The minimum Gasteiger partial charge on any atom is -0.489 e. The SMILES string of the molecule is O=C(c1ccc(OCc2ccccc2)cc1)N(C1CC1)C1CCC2=C(C=NC2)C1. The number of hydrogen-bond acceptors (Lipinski definition) is 3. The Bertz CT molecular complexity index is 943. The Morgan fingerprint density at radius 1 is 1.00 bits per heavy atom. The van der Waals surface area contributed by atoms with Crippen molar-refractivity contribution in [3.8, 4) is 5.75 Å². The van der Waals surface area contributed by atoms with Crippen LogP contribution in [0.25, 0.3) is 0 Å². The van der Waals surface area contributed by atoms with Gasteiger partial charge in [0.2, 0.25) is 0 Å². The zero-order chi connectivity index (χ0) is 19.6. The van der Waals surface area contributed by atoms with Gasteiger partial charge in [0.1, 0.15) is 12.4 Å². The fraction of sp³-hybridized carbons (Fsp3) is 0.360. The third kappa shape index (κ3) is 3.98. The summed E-state index contributed by atoms with van der Waals surface area (Å²) in [6.45, 7) is 1.40. The number of rotatable bonds is 6. The summed E-state index contributed by atoms with van der Waals surface area (Å²) in [7, 11) is 0. The molecule has 1 fully saturated rings. The van der Waals surface area contributed by atoms with Crippen LogP contribution in [-0.2, 0) is 6.61 Å². The summed E-state index contributed by atoms with van der Waals surface area (Å²) in [6, 6.07) is 18.4. The molecule has 4 heteroatoms. The van der Waals surface area contributed by atoms with Gasteiger partial charge in [-0.15, -0.1) is 0 Å². The summed E-state index contributed by atoms with van der Waals surface area (Å²) in [5.74, 6) is 0.948. The fourth-order valence-electron chi connectivity index (χ4n) is 4.40. The second-order valence-electron chi connectivity index (χ2n) is 8.24. The Labute approximate surface area is 171 Å². The molecule has 1 amide bonds. The summed E-state index contributed by atoms with van der Waals surface area (Å²) in [6.07, 6.45) is 7.36. The van der Waals surface area contributed by atoms with Crippen molar-refractivity contribution in [2.24, 2.45) is 4.99 Å². The summed E-state index contributed by atoms with van der Waals surface area (Å²) in [4.78, 5) is 19.9. The van der Waals surface area contributed by atoms with Crippen LogP contribution in [0.5, 0.6) is 5.75 Å². The zero-order valence-corrected chi connectivity index (χ0v) is 16.6. The molecule has 1 heterocycles. The van der Waals surface area contributed by atoms with Crippen LogP contribution >= 0.6 is 0 Å². The van der Waals surface area contributed by atoms with Crippen molar-refractivity contribution in [1.82, 2.24) is 4.90 Å². The van der Waals surface area contributed by atoms with Crippen LogP contribution in [0.1, 0.15) is 48.0 Å². The lowest BCUT2D eigenvalue weighted by molar-refractivity contribution is 0.0645. The van der Waals surface area contributed by atoms with Gasteiger partial charge in [-0.2, -0.15) is 0 Å². The number of ether oxygens (including phenoxy) is 1. The first-order valence-electron chi connectivity index (χ1n) is 10.6. The number of benzene rings is 2. The van der Waals surface area contributed by atoms with Crippen molar-refractivity contribution in [3.63, 3.8) is 0 Å². The quantitative estimate of drug-likeness (QED) is 0.715. The van der Waals surface area contributed by atoms with Crippen molar-refractivity contribution in [3.05, 3.63) is 76.9 Å². The van der Waals surface area contributed by atoms with E-state index in [9.17, 15) is 4.79 Å². The van der Waals surface area contributed by atoms with E-state index in [-0.39, 0.29) is 5.91 Å². The van der Waals surface area contributed by atoms with E-state index in [0.29, 0.717) is 18.7 Å². The lowest BCUT2D eigenvalue weighted by atomic mass is 9.88. The Kier molecular flexibility index (Phi) is 4.92. The molecule has 1 unspecified atom stereocenters. The highest BCUT2D eigenvalue weighted by atomic mass is 16.5. The molecular formula is C25H26N2O2. The normalized spacial score (nSPS) is 20.5. The predicted molar refractivity (Wildman–Crippen MR) is 114 cm³/mol. The molecule has 0 bridgehead atoms. The van der Waals surface area contributed by atoms with Crippen LogP contribution in [0.4, 0.5) is 0 Å². The maximum absolute atomic E-state index is 13.3. The van der Waals surface area contributed by atoms with Gasteiger partial charge in [-0.25, -0.2) is 0 Å². The number of hydrogen-bond donors (Lipinski definition) is 0. The van der Waals surface area contributed by atoms with Gasteiger partial charge < -0.3 is 9.64 Å². The number of carbonyl (C=O) groups excluding carboxylic acids is 1. The number of amides is 1. The molecule has 148 valence electrons. The van der Waals surface area contributed by atoms with Crippen LogP contribution in [0.3, 0.4) is 0 Å². The number of carbonyl (C=O) groups is 1. The maximum atomic E-state index is 13.3. The smallest absolute Gasteiger partial charge is 0.254 e. The van der Waals surface area contributed by atoms with Crippen molar-refractivity contribution in [1.29, 1.82) is 0 Å². The molecule has 1 aliphatic heterocycles. The van der Waals surface area contributed by atoms with E-state index in [2.05, 4.69) is 9.89 Å². The average molecular weight is 386 g/mol. The van der Waals surface area contributed by atoms with Gasteiger partial charge in [0.15, 0.2) is 0 Å². The fourth-order valence-corrected chi connectivity index (χ4v) is 4.40. The zero-order valence-electron chi connectivity index (χ0n) is 16.6. The molecule has 0 radical (unpaired) electrons. The number of nitrogens with zero attached hydrogens (tertiary/aromatic N) is 2. The second-order valence-corrected chi connectivity index (χ2v) is 8.24. The molecule has 29 heavy (non-hydrogen) atoms. The van der Waals surface area contributed by atoms with Gasteiger partial charge in [0.25, 0.3) is 5.91 Å². The molecule has 0 saturated heterocycles. The molecular weight excluding hydrogens is 360 g/mol. The van der Waals surface area contributed by atoms with Crippen LogP contribution < -0.4 is 4.74 Å². The van der Waals surface area contributed by atoms with Gasteiger partial charge >= 0.3 is 0 Å². The molecule has 2 aromatic carbocycles. The Hall–Kier alpha value is -2.88. The van der Waals surface area contributed by atoms with E-state index >= 15 is 0 Å². The lowest BCUT2D eigenvalue weighted by Crippen LogP contribution is -2.43. The third-order valence-corrected chi connectivity index (χ3v) is 6.14. The summed E-state index contributed by atoms with van der Waals surface area (Å²) < 4.78 is 5.87. The molecule has 1 atom stereocenters. The summed E-state index contributed by atoms with van der Waals surface area (Å²) in [5.41, 5.74) is 4.73. The molecule has 5 rings (SSSR count). The van der Waals surface area contributed by atoms with Gasteiger partial charge in [0.05, 0.1) is 6.54 Å². The van der Waals surface area contributed by atoms with E-state index in [0.717, 1.165) is 55.5 Å². The van der Waals surface area contributed by atoms with Crippen molar-refractivity contribution >= 4 is 12.1 Å². The van der Waals surface area contributed by atoms with E-state index in [1.165, 1.54) is 11.1 Å². The molecule has 0 aromatic heterocycles. The van der Waals surface area contributed by atoms with Crippen LogP contribution in [0.2, 0.25) is 0 Å². The summed E-state index contributed by atoms with van der Waals surface area (Å²) >= 11 is 0. The van der Waals surface area contributed by atoms with Gasteiger partial charge in [-0.3, -0.25) is 9.79 Å². The van der Waals surface area contributed by atoms with E-state index < -0.39 is 0 Å². The molecule has 4 nitrogen and oxygen atoms in total. The minimum atomic E-state index is 0.158. The standard InChI is InChI=1S/C25H26N2O2/c28-25(19-7-12-24(13-8-19)29-17-18-4-2-1-3-5-18)27(22-10-11-22)23-9-6-20-15-26-16-21(20)14-23/h1-5,7-8,12-13,16,22-23H,6,9-11,14-15,17H2. The maximum Gasteiger partial charge on any atom is 0.254 e. The molecule has 3 aliphatic rings. The highest BCUT2D eigenvalue weighted by Gasteiger charge is 2.39. The Morgan fingerprint density at radius 3 is 2.55 bits per heavy atom. The van der Waals surface area contributed by atoms with Gasteiger partial charge in [-0.1, -0.05) is 30.3 Å². The predicted octanol–water partition coefficient (Wildman–Crippen LogP) is 4.80. The van der Waals surface area contributed by atoms with E-state index in [1.807, 2.05) is 60.8 Å². The van der Waals surface area contributed by atoms with E-state index in [1.54, 1.807) is 0 Å². The Balaban J connectivity index is 1.26. The van der Waals surface area contributed by atoms with Crippen LogP contribution in [0, 0.1) is 0 Å². The second kappa shape index (κ2) is 7.86. The molecule has 0 spiro atoms. The first-order valence-corrected chi connectivity index (χ1v) is 10.6. The van der Waals surface area contributed by atoms with Gasteiger partial charge in [0, 0.05) is 23.9 Å². The highest BCUT2D eigenvalue weighted by Crippen LogP contribution is 2.37. The molecule has 2 aromatic rings. The topological polar surface area (TPSA) is 41.9 Å². The highest BCUT2D eigenvalue weighted by molar-refractivity contribution is 5.95. The average Bonchev–Trinajstić information content (AvgIpc) is 3.49. The molecule has 0 N–H and O–H groups in total. The van der Waals surface area contributed by atoms with E-state index in [4.69, 9.17) is 4.74 Å². The largest absolute Gasteiger partial charge is 0.489 e. The van der Waals surface area contributed by atoms with Crippen molar-refractivity contribution < 1.29 is 9.53 Å². The summed E-state index contributed by atoms with van der Waals surface area (Å²) in [5, 5.41) is 0. The monoisotopic (exact) mass is 386 g/mol. The minimum absolute atomic E-state index is 0.158. The van der Waals surface area contributed by atoms with Crippen LogP contribution in [-0.4, -0.2) is 35.7 Å². The number of aliphatic imine (C=N–C) groups is 1. The first kappa shape index (κ1) is 18.2.